The Morgan fingerprint density at radius 1 is 1.40 bits per heavy atom. The van der Waals surface area contributed by atoms with Crippen LogP contribution in [-0.4, -0.2) is 36.9 Å². The third-order valence-electron chi connectivity index (χ3n) is 2.18. The summed E-state index contributed by atoms with van der Waals surface area (Å²) in [7, 11) is 1.29. The lowest BCUT2D eigenvalue weighted by Gasteiger charge is -2.15. The van der Waals surface area contributed by atoms with Crippen molar-refractivity contribution in [2.75, 3.05) is 19.0 Å². The molecule has 2 amide bonds. The second kappa shape index (κ2) is 7.28. The predicted molar refractivity (Wildman–Crippen MR) is 71.9 cm³/mol. The van der Waals surface area contributed by atoms with Gasteiger partial charge in [0.05, 0.1) is 22.3 Å². The summed E-state index contributed by atoms with van der Waals surface area (Å²) in [4.78, 5) is 22.5. The lowest BCUT2D eigenvalue weighted by atomic mass is 10.3. The number of rotatable bonds is 5. The standard InChI is InChI=1S/C11H11Cl2FN2O4/c1-20-4-8(10(17)18)15-11(19)16-9-6(12)2-5(14)3-7(9)13/h2-3,8H,4H2,1H3,(H,17,18)(H2,15,16,19). The number of amides is 2. The molecule has 0 aromatic heterocycles. The number of halogens is 3. The van der Waals surface area contributed by atoms with Gasteiger partial charge in [0.2, 0.25) is 0 Å². The molecule has 0 aliphatic heterocycles. The van der Waals surface area contributed by atoms with Crippen LogP contribution in [-0.2, 0) is 9.53 Å². The molecule has 0 bridgehead atoms. The Kier molecular flexibility index (Phi) is 6.00. The summed E-state index contributed by atoms with van der Waals surface area (Å²) in [5, 5.41) is 13.0. The summed E-state index contributed by atoms with van der Waals surface area (Å²) in [6, 6.07) is -0.164. The van der Waals surface area contributed by atoms with E-state index in [9.17, 15) is 14.0 Å². The van der Waals surface area contributed by atoms with Crippen LogP contribution in [0.2, 0.25) is 10.0 Å². The van der Waals surface area contributed by atoms with E-state index in [4.69, 9.17) is 28.3 Å². The Hall–Kier alpha value is -1.57. The highest BCUT2D eigenvalue weighted by molar-refractivity contribution is 6.39. The maximum absolute atomic E-state index is 13.0. The molecule has 6 nitrogen and oxygen atoms in total. The molecule has 0 radical (unpaired) electrons. The zero-order valence-corrected chi connectivity index (χ0v) is 11.8. The molecule has 20 heavy (non-hydrogen) atoms. The number of ether oxygens (including phenoxy) is 1. The zero-order chi connectivity index (χ0) is 15.3. The van der Waals surface area contributed by atoms with Gasteiger partial charge in [-0.05, 0) is 12.1 Å². The van der Waals surface area contributed by atoms with Crippen LogP contribution in [0.25, 0.3) is 0 Å². The number of hydrogen-bond donors (Lipinski definition) is 3. The molecule has 0 fully saturated rings. The molecule has 0 heterocycles. The largest absolute Gasteiger partial charge is 0.480 e. The summed E-state index contributed by atoms with van der Waals surface area (Å²) in [5.41, 5.74) is -0.0196. The molecule has 9 heteroatoms. The average molecular weight is 325 g/mol. The van der Waals surface area contributed by atoms with Crippen LogP contribution in [0.15, 0.2) is 12.1 Å². The van der Waals surface area contributed by atoms with Gasteiger partial charge in [-0.3, -0.25) is 0 Å². The van der Waals surface area contributed by atoms with Crippen molar-refractivity contribution in [3.8, 4) is 0 Å². The number of carboxylic acids is 1. The van der Waals surface area contributed by atoms with Crippen molar-refractivity contribution < 1.29 is 23.8 Å². The molecule has 1 unspecified atom stereocenters. The van der Waals surface area contributed by atoms with Crippen molar-refractivity contribution >= 4 is 40.9 Å². The molecule has 1 atom stereocenters. The van der Waals surface area contributed by atoms with Crippen LogP contribution >= 0.6 is 23.2 Å². The van der Waals surface area contributed by atoms with Crippen LogP contribution in [0.3, 0.4) is 0 Å². The number of urea groups is 1. The Labute approximate surface area is 123 Å². The molecule has 0 spiro atoms. The Morgan fingerprint density at radius 3 is 2.40 bits per heavy atom. The molecule has 110 valence electrons. The number of methoxy groups -OCH3 is 1. The maximum atomic E-state index is 13.0. The van der Waals surface area contributed by atoms with E-state index >= 15 is 0 Å². The summed E-state index contributed by atoms with van der Waals surface area (Å²) in [6.45, 7) is -0.215. The van der Waals surface area contributed by atoms with Crippen LogP contribution in [0.1, 0.15) is 0 Å². The van der Waals surface area contributed by atoms with Crippen molar-refractivity contribution in [3.05, 3.63) is 28.0 Å². The Bertz CT molecular complexity index is 504. The first-order valence-corrected chi connectivity index (χ1v) is 6.04. The van der Waals surface area contributed by atoms with Crippen molar-refractivity contribution in [2.45, 2.75) is 6.04 Å². The fourth-order valence-electron chi connectivity index (χ4n) is 1.31. The highest BCUT2D eigenvalue weighted by Gasteiger charge is 2.20. The fraction of sp³-hybridized carbons (Fsp3) is 0.273. The summed E-state index contributed by atoms with van der Waals surface area (Å²) >= 11 is 11.5. The minimum absolute atomic E-state index is 0.0196. The number of carbonyl (C=O) groups excluding carboxylic acids is 1. The third-order valence-corrected chi connectivity index (χ3v) is 2.78. The molecular weight excluding hydrogens is 314 g/mol. The van der Waals surface area contributed by atoms with E-state index in [0.29, 0.717) is 0 Å². The number of nitrogens with one attached hydrogen (secondary N) is 2. The van der Waals surface area contributed by atoms with Crippen LogP contribution < -0.4 is 10.6 Å². The first-order valence-electron chi connectivity index (χ1n) is 5.29. The van der Waals surface area contributed by atoms with E-state index in [1.54, 1.807) is 0 Å². The van der Waals surface area contributed by atoms with Gasteiger partial charge in [-0.15, -0.1) is 0 Å². The zero-order valence-electron chi connectivity index (χ0n) is 10.2. The number of carbonyl (C=O) groups is 2. The van der Waals surface area contributed by atoms with E-state index in [2.05, 4.69) is 15.4 Å². The van der Waals surface area contributed by atoms with Gasteiger partial charge < -0.3 is 20.5 Å². The van der Waals surface area contributed by atoms with Crippen LogP contribution in [0, 0.1) is 5.82 Å². The lowest BCUT2D eigenvalue weighted by Crippen LogP contribution is -2.45. The van der Waals surface area contributed by atoms with E-state index in [0.717, 1.165) is 12.1 Å². The summed E-state index contributed by atoms with van der Waals surface area (Å²) in [5.74, 6) is -1.92. The van der Waals surface area contributed by atoms with Gasteiger partial charge in [0, 0.05) is 7.11 Å². The van der Waals surface area contributed by atoms with E-state index in [1.807, 2.05) is 0 Å². The van der Waals surface area contributed by atoms with E-state index < -0.39 is 23.9 Å². The number of benzene rings is 1. The molecule has 0 aliphatic carbocycles. The van der Waals surface area contributed by atoms with Gasteiger partial charge in [0.25, 0.3) is 0 Å². The van der Waals surface area contributed by atoms with Crippen molar-refractivity contribution in [3.63, 3.8) is 0 Å². The predicted octanol–water partition coefficient (Wildman–Crippen LogP) is 2.35. The van der Waals surface area contributed by atoms with Gasteiger partial charge in [0.1, 0.15) is 5.82 Å². The highest BCUT2D eigenvalue weighted by atomic mass is 35.5. The van der Waals surface area contributed by atoms with Gasteiger partial charge in [0.15, 0.2) is 6.04 Å². The average Bonchev–Trinajstić information content (AvgIpc) is 2.33. The quantitative estimate of drug-likeness (QED) is 0.775. The molecule has 0 saturated heterocycles. The highest BCUT2D eigenvalue weighted by Crippen LogP contribution is 2.31. The fourth-order valence-corrected chi connectivity index (χ4v) is 1.87. The number of hydrogen-bond acceptors (Lipinski definition) is 3. The first-order chi connectivity index (χ1) is 9.35. The second-order valence-corrected chi connectivity index (χ2v) is 4.50. The molecular formula is C11H11Cl2FN2O4. The molecule has 3 N–H and O–H groups in total. The molecule has 1 rings (SSSR count). The van der Waals surface area contributed by atoms with Gasteiger partial charge in [-0.1, -0.05) is 23.2 Å². The molecule has 1 aromatic carbocycles. The summed E-state index contributed by atoms with van der Waals surface area (Å²) in [6.07, 6.45) is 0. The molecule has 1 aromatic rings. The van der Waals surface area contributed by atoms with E-state index in [1.165, 1.54) is 7.11 Å². The lowest BCUT2D eigenvalue weighted by molar-refractivity contribution is -0.140. The van der Waals surface area contributed by atoms with Gasteiger partial charge in [-0.2, -0.15) is 0 Å². The first kappa shape index (κ1) is 16.5. The van der Waals surface area contributed by atoms with Gasteiger partial charge in [-0.25, -0.2) is 14.0 Å². The smallest absolute Gasteiger partial charge is 0.328 e. The molecule has 0 saturated carbocycles. The van der Waals surface area contributed by atoms with E-state index in [-0.39, 0.29) is 22.3 Å². The van der Waals surface area contributed by atoms with Gasteiger partial charge >= 0.3 is 12.0 Å². The normalized spacial score (nSPS) is 11.8. The maximum Gasteiger partial charge on any atom is 0.328 e. The third kappa shape index (κ3) is 4.52. The Morgan fingerprint density at radius 2 is 1.95 bits per heavy atom. The topological polar surface area (TPSA) is 87.7 Å². The van der Waals surface area contributed by atoms with Crippen molar-refractivity contribution in [1.29, 1.82) is 0 Å². The number of carboxylic acid groups (broad SMARTS) is 1. The minimum Gasteiger partial charge on any atom is -0.480 e. The van der Waals surface area contributed by atoms with Crippen molar-refractivity contribution in [2.24, 2.45) is 0 Å². The Balaban J connectivity index is 2.78. The molecule has 0 aliphatic rings. The summed E-state index contributed by atoms with van der Waals surface area (Å²) < 4.78 is 17.6. The van der Waals surface area contributed by atoms with Crippen LogP contribution in [0.5, 0.6) is 0 Å². The number of aliphatic carboxylic acids is 1. The SMILES string of the molecule is COCC(NC(=O)Nc1c(Cl)cc(F)cc1Cl)C(=O)O. The number of anilines is 1. The minimum atomic E-state index is -1.27. The monoisotopic (exact) mass is 324 g/mol. The van der Waals surface area contributed by atoms with Crippen molar-refractivity contribution in [1.82, 2.24) is 5.32 Å². The second-order valence-electron chi connectivity index (χ2n) is 3.69. The van der Waals surface area contributed by atoms with Crippen LogP contribution in [0.4, 0.5) is 14.9 Å².